The van der Waals surface area contributed by atoms with E-state index in [4.69, 9.17) is 21.4 Å². The van der Waals surface area contributed by atoms with Crippen molar-refractivity contribution in [2.24, 2.45) is 0 Å². The largest absolute Gasteiger partial charge is 0.484 e. The van der Waals surface area contributed by atoms with Crippen molar-refractivity contribution in [1.82, 2.24) is 5.32 Å². The van der Waals surface area contributed by atoms with E-state index in [0.717, 1.165) is 12.8 Å². The first-order valence-corrected chi connectivity index (χ1v) is 6.81. The van der Waals surface area contributed by atoms with Gasteiger partial charge in [0.1, 0.15) is 11.8 Å². The van der Waals surface area contributed by atoms with Crippen LogP contribution in [-0.2, 0) is 9.59 Å². The smallest absolute Gasteiger partial charge is 0.326 e. The number of carbonyl (C=O) groups excluding carboxylic acids is 1. The highest BCUT2D eigenvalue weighted by Crippen LogP contribution is 2.16. The summed E-state index contributed by atoms with van der Waals surface area (Å²) in [5, 5.41) is 11.9. The molecule has 0 aliphatic carbocycles. The molecule has 1 aromatic carbocycles. The van der Waals surface area contributed by atoms with Gasteiger partial charge in [0.15, 0.2) is 6.61 Å². The molecule has 1 unspecified atom stereocenters. The number of benzene rings is 1. The van der Waals surface area contributed by atoms with E-state index < -0.39 is 17.9 Å². The lowest BCUT2D eigenvalue weighted by Crippen LogP contribution is -2.42. The second-order valence-corrected chi connectivity index (χ2v) is 4.78. The van der Waals surface area contributed by atoms with Crippen LogP contribution in [0.4, 0.5) is 0 Å². The second-order valence-electron chi connectivity index (χ2n) is 4.35. The third kappa shape index (κ3) is 5.93. The molecule has 0 radical (unpaired) electrons. The highest BCUT2D eigenvalue weighted by Gasteiger charge is 2.19. The predicted octanol–water partition coefficient (Wildman–Crippen LogP) is 2.48. The zero-order chi connectivity index (χ0) is 15.0. The molecule has 5 nitrogen and oxygen atoms in total. The second kappa shape index (κ2) is 8.43. The number of ether oxygens (including phenoxy) is 1. The molecule has 0 spiro atoms. The van der Waals surface area contributed by atoms with Gasteiger partial charge in [0.25, 0.3) is 5.91 Å². The average molecular weight is 300 g/mol. The number of hydrogen-bond donors (Lipinski definition) is 2. The molecule has 0 bridgehead atoms. The Labute approximate surface area is 122 Å². The quantitative estimate of drug-likeness (QED) is 0.773. The number of carbonyl (C=O) groups is 2. The first-order chi connectivity index (χ1) is 9.52. The maximum absolute atomic E-state index is 11.6. The van der Waals surface area contributed by atoms with Gasteiger partial charge < -0.3 is 15.2 Å². The highest BCUT2D eigenvalue weighted by atomic mass is 35.5. The van der Waals surface area contributed by atoms with Crippen molar-refractivity contribution in [3.05, 3.63) is 29.3 Å². The maximum Gasteiger partial charge on any atom is 0.326 e. The van der Waals surface area contributed by atoms with Crippen LogP contribution < -0.4 is 10.1 Å². The Bertz CT molecular complexity index is 464. The summed E-state index contributed by atoms with van der Waals surface area (Å²) in [5.74, 6) is -1.03. The van der Waals surface area contributed by atoms with Gasteiger partial charge in [-0.2, -0.15) is 0 Å². The van der Waals surface area contributed by atoms with Crippen molar-refractivity contribution >= 4 is 23.5 Å². The van der Waals surface area contributed by atoms with Crippen LogP contribution in [0.25, 0.3) is 0 Å². The lowest BCUT2D eigenvalue weighted by atomic mass is 10.1. The fourth-order valence-corrected chi connectivity index (χ4v) is 1.79. The van der Waals surface area contributed by atoms with Crippen molar-refractivity contribution in [3.8, 4) is 5.75 Å². The molecule has 1 aromatic rings. The first kappa shape index (κ1) is 16.3. The van der Waals surface area contributed by atoms with Gasteiger partial charge in [-0.1, -0.05) is 37.4 Å². The Morgan fingerprint density at radius 1 is 1.45 bits per heavy atom. The van der Waals surface area contributed by atoms with Gasteiger partial charge in [0, 0.05) is 5.02 Å². The van der Waals surface area contributed by atoms with Crippen LogP contribution in [0.15, 0.2) is 24.3 Å². The van der Waals surface area contributed by atoms with E-state index in [1.54, 1.807) is 24.3 Å². The number of unbranched alkanes of at least 4 members (excludes halogenated alkanes) is 1. The van der Waals surface area contributed by atoms with Gasteiger partial charge in [-0.25, -0.2) is 4.79 Å². The third-order valence-electron chi connectivity index (χ3n) is 2.65. The average Bonchev–Trinajstić information content (AvgIpc) is 2.41. The van der Waals surface area contributed by atoms with Crippen LogP contribution in [0.1, 0.15) is 26.2 Å². The number of halogens is 1. The molecule has 0 aromatic heterocycles. The standard InChI is InChI=1S/C14H18ClNO4/c1-2-3-7-12(14(18)19)16-13(17)9-20-11-6-4-5-10(15)8-11/h4-6,8,12H,2-3,7,9H2,1H3,(H,16,17)(H,18,19). The maximum atomic E-state index is 11.6. The molecule has 20 heavy (non-hydrogen) atoms. The molecular weight excluding hydrogens is 282 g/mol. The molecule has 1 atom stereocenters. The monoisotopic (exact) mass is 299 g/mol. The SMILES string of the molecule is CCCCC(NC(=O)COc1cccc(Cl)c1)C(=O)O. The number of hydrogen-bond acceptors (Lipinski definition) is 3. The lowest BCUT2D eigenvalue weighted by Gasteiger charge is -2.14. The molecule has 1 rings (SSSR count). The summed E-state index contributed by atoms with van der Waals surface area (Å²) in [6.45, 7) is 1.72. The summed E-state index contributed by atoms with van der Waals surface area (Å²) in [7, 11) is 0. The molecule has 0 saturated carbocycles. The molecule has 0 aliphatic heterocycles. The molecular formula is C14H18ClNO4. The number of amides is 1. The van der Waals surface area contributed by atoms with Gasteiger partial charge in [0.05, 0.1) is 0 Å². The van der Waals surface area contributed by atoms with Crippen LogP contribution in [0.2, 0.25) is 5.02 Å². The molecule has 0 aliphatic rings. The Hall–Kier alpha value is -1.75. The highest BCUT2D eigenvalue weighted by molar-refractivity contribution is 6.30. The minimum Gasteiger partial charge on any atom is -0.484 e. The van der Waals surface area contributed by atoms with Crippen LogP contribution in [0.5, 0.6) is 5.75 Å². The van der Waals surface area contributed by atoms with Gasteiger partial charge in [-0.05, 0) is 24.6 Å². The zero-order valence-electron chi connectivity index (χ0n) is 11.3. The zero-order valence-corrected chi connectivity index (χ0v) is 12.0. The van der Waals surface area contributed by atoms with Crippen molar-refractivity contribution in [2.45, 2.75) is 32.2 Å². The minimum atomic E-state index is -1.03. The number of carboxylic acids is 1. The number of nitrogens with one attached hydrogen (secondary N) is 1. The fraction of sp³-hybridized carbons (Fsp3) is 0.429. The Kier molecular flexibility index (Phi) is 6.87. The van der Waals surface area contributed by atoms with Gasteiger partial charge in [-0.3, -0.25) is 4.79 Å². The van der Waals surface area contributed by atoms with Crippen molar-refractivity contribution in [1.29, 1.82) is 0 Å². The Morgan fingerprint density at radius 2 is 2.20 bits per heavy atom. The fourth-order valence-electron chi connectivity index (χ4n) is 1.61. The first-order valence-electron chi connectivity index (χ1n) is 6.43. The molecule has 6 heteroatoms. The van der Waals surface area contributed by atoms with Crippen LogP contribution in [0, 0.1) is 0 Å². The van der Waals surface area contributed by atoms with E-state index in [9.17, 15) is 9.59 Å². The van der Waals surface area contributed by atoms with Gasteiger partial charge in [0.2, 0.25) is 0 Å². The van der Waals surface area contributed by atoms with Crippen LogP contribution in [-0.4, -0.2) is 29.6 Å². The summed E-state index contributed by atoms with van der Waals surface area (Å²) in [4.78, 5) is 22.6. The van der Waals surface area contributed by atoms with Gasteiger partial charge in [-0.15, -0.1) is 0 Å². The summed E-state index contributed by atoms with van der Waals surface area (Å²) < 4.78 is 5.24. The van der Waals surface area contributed by atoms with E-state index >= 15 is 0 Å². The summed E-state index contributed by atoms with van der Waals surface area (Å²) in [6, 6.07) is 5.78. The van der Waals surface area contributed by atoms with Crippen molar-refractivity contribution < 1.29 is 19.4 Å². The molecule has 0 heterocycles. The topological polar surface area (TPSA) is 75.6 Å². The number of rotatable bonds is 8. The molecule has 2 N–H and O–H groups in total. The van der Waals surface area contributed by atoms with E-state index in [0.29, 0.717) is 17.2 Å². The molecule has 110 valence electrons. The van der Waals surface area contributed by atoms with E-state index in [1.165, 1.54) is 0 Å². The predicted molar refractivity (Wildman–Crippen MR) is 76.0 cm³/mol. The Balaban J connectivity index is 2.43. The van der Waals surface area contributed by atoms with E-state index in [-0.39, 0.29) is 6.61 Å². The number of carboxylic acid groups (broad SMARTS) is 1. The summed E-state index contributed by atoms with van der Waals surface area (Å²) >= 11 is 5.78. The van der Waals surface area contributed by atoms with Crippen molar-refractivity contribution in [3.63, 3.8) is 0 Å². The summed E-state index contributed by atoms with van der Waals surface area (Å²) in [6.07, 6.45) is 2.03. The third-order valence-corrected chi connectivity index (χ3v) is 2.88. The van der Waals surface area contributed by atoms with Crippen LogP contribution in [0.3, 0.4) is 0 Å². The number of aliphatic carboxylic acids is 1. The van der Waals surface area contributed by atoms with Gasteiger partial charge >= 0.3 is 5.97 Å². The minimum absolute atomic E-state index is 0.240. The van der Waals surface area contributed by atoms with Crippen LogP contribution >= 0.6 is 11.6 Å². The van der Waals surface area contributed by atoms with E-state index in [2.05, 4.69) is 5.32 Å². The van der Waals surface area contributed by atoms with E-state index in [1.807, 2.05) is 6.92 Å². The Morgan fingerprint density at radius 3 is 2.80 bits per heavy atom. The normalized spacial score (nSPS) is 11.7. The molecule has 1 amide bonds. The lowest BCUT2D eigenvalue weighted by molar-refractivity contribution is -0.142. The summed E-state index contributed by atoms with van der Waals surface area (Å²) in [5.41, 5.74) is 0. The molecule has 0 saturated heterocycles. The van der Waals surface area contributed by atoms with Crippen molar-refractivity contribution in [2.75, 3.05) is 6.61 Å². The molecule has 0 fully saturated rings.